The van der Waals surface area contributed by atoms with Crippen LogP contribution in [0.15, 0.2) is 30.3 Å². The van der Waals surface area contributed by atoms with Crippen LogP contribution in [0.4, 0.5) is 0 Å². The van der Waals surface area contributed by atoms with Gasteiger partial charge in [0.05, 0.1) is 23.3 Å². The van der Waals surface area contributed by atoms with E-state index in [1.54, 1.807) is 13.2 Å². The van der Waals surface area contributed by atoms with Crippen molar-refractivity contribution in [3.8, 4) is 29.4 Å². The molecule has 0 aliphatic heterocycles. The van der Waals surface area contributed by atoms with Gasteiger partial charge in [-0.25, -0.2) is 0 Å². The molecule has 2 aromatic rings. The zero-order chi connectivity index (χ0) is 17.9. The zero-order valence-corrected chi connectivity index (χ0v) is 14.7. The molecule has 0 N–H and O–H groups in total. The highest BCUT2D eigenvalue weighted by Crippen LogP contribution is 2.37. The van der Waals surface area contributed by atoms with Crippen molar-refractivity contribution in [2.75, 3.05) is 7.11 Å². The molecule has 0 amide bonds. The van der Waals surface area contributed by atoms with E-state index in [9.17, 15) is 0 Å². The van der Waals surface area contributed by atoms with E-state index in [-0.39, 0.29) is 21.6 Å². The summed E-state index contributed by atoms with van der Waals surface area (Å²) < 4.78 is 11.2. The second kappa shape index (κ2) is 6.83. The fourth-order valence-electron chi connectivity index (χ4n) is 2.28. The zero-order valence-electron chi connectivity index (χ0n) is 14.0. The summed E-state index contributed by atoms with van der Waals surface area (Å²) in [5.41, 5.74) is 1.31. The fraction of sp³-hybridized carbons (Fsp3) is 0.263. The van der Waals surface area contributed by atoms with Gasteiger partial charge in [0, 0.05) is 11.6 Å². The Kier molecular flexibility index (Phi) is 5.02. The highest BCUT2D eigenvalue weighted by atomic mass is 35.5. The van der Waals surface area contributed by atoms with Crippen LogP contribution in [-0.4, -0.2) is 7.11 Å². The third-order valence-electron chi connectivity index (χ3n) is 3.52. The minimum Gasteiger partial charge on any atom is -0.496 e. The van der Waals surface area contributed by atoms with Crippen molar-refractivity contribution >= 4 is 11.6 Å². The van der Waals surface area contributed by atoms with Gasteiger partial charge >= 0.3 is 0 Å². The Morgan fingerprint density at radius 3 is 2.12 bits per heavy atom. The fourth-order valence-corrected chi connectivity index (χ4v) is 2.48. The average molecular weight is 341 g/mol. The molecule has 0 bridgehead atoms. The molecule has 0 aliphatic rings. The van der Waals surface area contributed by atoms with Gasteiger partial charge in [-0.2, -0.15) is 10.5 Å². The summed E-state index contributed by atoms with van der Waals surface area (Å²) in [4.78, 5) is 0. The summed E-state index contributed by atoms with van der Waals surface area (Å²) in [6.45, 7) is 6.24. The Morgan fingerprint density at radius 2 is 1.58 bits per heavy atom. The smallest absolute Gasteiger partial charge is 0.147 e. The second-order valence-electron chi connectivity index (χ2n) is 6.27. The maximum atomic E-state index is 9.13. The number of halogens is 1. The Bertz CT molecular complexity index is 855. The van der Waals surface area contributed by atoms with E-state index in [1.165, 1.54) is 12.1 Å². The molecule has 0 atom stereocenters. The van der Waals surface area contributed by atoms with Crippen molar-refractivity contribution in [2.24, 2.45) is 0 Å². The van der Waals surface area contributed by atoms with Crippen molar-refractivity contribution in [2.45, 2.75) is 26.2 Å². The Balaban J connectivity index is 2.46. The maximum Gasteiger partial charge on any atom is 0.147 e. The topological polar surface area (TPSA) is 66.0 Å². The molecule has 24 heavy (non-hydrogen) atoms. The van der Waals surface area contributed by atoms with Gasteiger partial charge in [0.2, 0.25) is 0 Å². The summed E-state index contributed by atoms with van der Waals surface area (Å²) in [5, 5.41) is 18.4. The van der Waals surface area contributed by atoms with Crippen LogP contribution < -0.4 is 9.47 Å². The Labute approximate surface area is 146 Å². The molecule has 4 nitrogen and oxygen atoms in total. The van der Waals surface area contributed by atoms with E-state index in [1.807, 2.05) is 24.3 Å². The van der Waals surface area contributed by atoms with Gasteiger partial charge in [-0.1, -0.05) is 32.4 Å². The molecule has 0 unspecified atom stereocenters. The lowest BCUT2D eigenvalue weighted by Gasteiger charge is -2.23. The first-order valence-corrected chi connectivity index (χ1v) is 7.68. The molecule has 2 rings (SSSR count). The van der Waals surface area contributed by atoms with E-state index in [0.717, 1.165) is 11.3 Å². The van der Waals surface area contributed by atoms with Crippen LogP contribution in [0.25, 0.3) is 0 Å². The number of benzene rings is 2. The lowest BCUT2D eigenvalue weighted by atomic mass is 9.86. The quantitative estimate of drug-likeness (QED) is 0.771. The standard InChI is InChI=1S/C19H17ClN2O2/c1-19(2,3)15-9-14(5-6-17(15)23-4)24-18-8-13(11-22)12(10-21)7-16(18)20/h5-9H,1-4H3. The van der Waals surface area contributed by atoms with Gasteiger partial charge < -0.3 is 9.47 Å². The molecule has 0 saturated carbocycles. The predicted molar refractivity (Wildman–Crippen MR) is 92.7 cm³/mol. The van der Waals surface area contributed by atoms with Gasteiger partial charge in [0.1, 0.15) is 29.4 Å². The van der Waals surface area contributed by atoms with E-state index in [0.29, 0.717) is 11.5 Å². The van der Waals surface area contributed by atoms with Crippen molar-refractivity contribution in [1.82, 2.24) is 0 Å². The van der Waals surface area contributed by atoms with Gasteiger partial charge in [-0.05, 0) is 29.7 Å². The maximum absolute atomic E-state index is 9.13. The van der Waals surface area contributed by atoms with Crippen LogP contribution in [0.5, 0.6) is 17.2 Å². The molecular formula is C19H17ClN2O2. The normalized spacial score (nSPS) is 10.6. The van der Waals surface area contributed by atoms with Crippen LogP contribution in [0.2, 0.25) is 5.02 Å². The SMILES string of the molecule is COc1ccc(Oc2cc(C#N)c(C#N)cc2Cl)cc1C(C)(C)C. The van der Waals surface area contributed by atoms with Gasteiger partial charge in [-0.3, -0.25) is 0 Å². The second-order valence-corrected chi connectivity index (χ2v) is 6.67. The number of methoxy groups -OCH3 is 1. The summed E-state index contributed by atoms with van der Waals surface area (Å²) in [6.07, 6.45) is 0. The Morgan fingerprint density at radius 1 is 0.958 bits per heavy atom. The number of ether oxygens (including phenoxy) is 2. The number of hydrogen-bond donors (Lipinski definition) is 0. The molecule has 0 aliphatic carbocycles. The van der Waals surface area contributed by atoms with Crippen molar-refractivity contribution in [3.05, 3.63) is 52.0 Å². The molecule has 0 spiro atoms. The van der Waals surface area contributed by atoms with Gasteiger partial charge in [0.15, 0.2) is 0 Å². The summed E-state index contributed by atoms with van der Waals surface area (Å²) >= 11 is 6.17. The van der Waals surface area contributed by atoms with E-state index < -0.39 is 0 Å². The van der Waals surface area contributed by atoms with Crippen LogP contribution in [0.1, 0.15) is 37.5 Å². The third kappa shape index (κ3) is 3.62. The first-order chi connectivity index (χ1) is 11.3. The van der Waals surface area contributed by atoms with Crippen molar-refractivity contribution in [3.63, 3.8) is 0 Å². The lowest BCUT2D eigenvalue weighted by molar-refractivity contribution is 0.394. The van der Waals surface area contributed by atoms with E-state index in [2.05, 4.69) is 20.8 Å². The van der Waals surface area contributed by atoms with E-state index >= 15 is 0 Å². The van der Waals surface area contributed by atoms with Crippen LogP contribution in [0, 0.1) is 22.7 Å². The predicted octanol–water partition coefficient (Wildman–Crippen LogP) is 5.18. The van der Waals surface area contributed by atoms with Crippen molar-refractivity contribution in [1.29, 1.82) is 10.5 Å². The number of hydrogen-bond acceptors (Lipinski definition) is 4. The number of nitriles is 2. The molecule has 0 radical (unpaired) electrons. The highest BCUT2D eigenvalue weighted by molar-refractivity contribution is 6.32. The molecule has 2 aromatic carbocycles. The van der Waals surface area contributed by atoms with Crippen LogP contribution >= 0.6 is 11.6 Å². The van der Waals surface area contributed by atoms with Gasteiger partial charge in [-0.15, -0.1) is 0 Å². The monoisotopic (exact) mass is 340 g/mol. The molecular weight excluding hydrogens is 324 g/mol. The minimum absolute atomic E-state index is 0.128. The molecule has 0 heterocycles. The number of nitrogens with zero attached hydrogens (tertiary/aromatic N) is 2. The molecule has 122 valence electrons. The minimum atomic E-state index is -0.128. The first kappa shape index (κ1) is 17.7. The summed E-state index contributed by atoms with van der Waals surface area (Å²) in [7, 11) is 1.63. The average Bonchev–Trinajstić information content (AvgIpc) is 2.55. The highest BCUT2D eigenvalue weighted by Gasteiger charge is 2.20. The van der Waals surface area contributed by atoms with E-state index in [4.69, 9.17) is 31.6 Å². The summed E-state index contributed by atoms with van der Waals surface area (Å²) in [6, 6.07) is 12.3. The third-order valence-corrected chi connectivity index (χ3v) is 3.82. The van der Waals surface area contributed by atoms with Crippen molar-refractivity contribution < 1.29 is 9.47 Å². The molecule has 0 aromatic heterocycles. The lowest BCUT2D eigenvalue weighted by Crippen LogP contribution is -2.12. The largest absolute Gasteiger partial charge is 0.496 e. The Hall–Kier alpha value is -2.69. The summed E-state index contributed by atoms with van der Waals surface area (Å²) in [5.74, 6) is 1.69. The van der Waals surface area contributed by atoms with Crippen LogP contribution in [-0.2, 0) is 5.41 Å². The molecule has 0 saturated heterocycles. The number of rotatable bonds is 3. The molecule has 0 fully saturated rings. The first-order valence-electron chi connectivity index (χ1n) is 7.30. The van der Waals surface area contributed by atoms with Gasteiger partial charge in [0.25, 0.3) is 0 Å². The molecule has 5 heteroatoms. The van der Waals surface area contributed by atoms with Crippen LogP contribution in [0.3, 0.4) is 0 Å².